The standard InChI is InChI=1S/C17H18N4OS2/c1-3-12-7-4-5-9-14(12)18-15-16(22)21(2)17(20-19-15)24-11-13-8-6-10-23-13/h4-10H,3,11H2,1-2H3,(H,18,19). The molecule has 0 unspecified atom stereocenters. The number of hydrogen-bond acceptors (Lipinski definition) is 6. The van der Waals surface area contributed by atoms with Gasteiger partial charge in [0.2, 0.25) is 5.82 Å². The molecule has 0 saturated heterocycles. The number of thiophene rings is 1. The van der Waals surface area contributed by atoms with Gasteiger partial charge in [0.1, 0.15) is 0 Å². The molecule has 0 radical (unpaired) electrons. The third-order valence-corrected chi connectivity index (χ3v) is 5.73. The summed E-state index contributed by atoms with van der Waals surface area (Å²) in [7, 11) is 1.73. The Labute approximate surface area is 148 Å². The summed E-state index contributed by atoms with van der Waals surface area (Å²) in [6, 6.07) is 12.0. The van der Waals surface area contributed by atoms with Gasteiger partial charge in [-0.3, -0.25) is 9.36 Å². The number of benzene rings is 1. The highest BCUT2D eigenvalue weighted by Crippen LogP contribution is 2.23. The quantitative estimate of drug-likeness (QED) is 0.679. The molecule has 5 nitrogen and oxygen atoms in total. The van der Waals surface area contributed by atoms with E-state index in [9.17, 15) is 4.79 Å². The van der Waals surface area contributed by atoms with Gasteiger partial charge in [-0.1, -0.05) is 43.0 Å². The van der Waals surface area contributed by atoms with Crippen molar-refractivity contribution in [3.05, 3.63) is 62.6 Å². The average Bonchev–Trinajstić information content (AvgIpc) is 3.12. The third kappa shape index (κ3) is 3.68. The minimum absolute atomic E-state index is 0.176. The highest BCUT2D eigenvalue weighted by molar-refractivity contribution is 7.98. The zero-order valence-corrected chi connectivity index (χ0v) is 15.2. The Bertz CT molecular complexity index is 875. The first-order valence-electron chi connectivity index (χ1n) is 7.63. The van der Waals surface area contributed by atoms with E-state index in [1.807, 2.05) is 35.7 Å². The lowest BCUT2D eigenvalue weighted by atomic mass is 10.1. The third-order valence-electron chi connectivity index (χ3n) is 3.60. The van der Waals surface area contributed by atoms with Crippen molar-refractivity contribution in [1.29, 1.82) is 0 Å². The zero-order valence-electron chi connectivity index (χ0n) is 13.5. The van der Waals surface area contributed by atoms with Crippen molar-refractivity contribution in [1.82, 2.24) is 14.8 Å². The highest BCUT2D eigenvalue weighted by Gasteiger charge is 2.11. The van der Waals surface area contributed by atoms with E-state index in [1.165, 1.54) is 16.6 Å². The molecule has 124 valence electrons. The summed E-state index contributed by atoms with van der Waals surface area (Å²) >= 11 is 3.21. The van der Waals surface area contributed by atoms with Crippen LogP contribution >= 0.6 is 23.1 Å². The van der Waals surface area contributed by atoms with Crippen LogP contribution < -0.4 is 10.9 Å². The second-order valence-electron chi connectivity index (χ2n) is 5.20. The normalized spacial score (nSPS) is 10.8. The van der Waals surface area contributed by atoms with Gasteiger partial charge in [0.05, 0.1) is 0 Å². The summed E-state index contributed by atoms with van der Waals surface area (Å²) in [4.78, 5) is 13.8. The molecule has 7 heteroatoms. The lowest BCUT2D eigenvalue weighted by Crippen LogP contribution is -2.24. The second kappa shape index (κ2) is 7.63. The van der Waals surface area contributed by atoms with Crippen LogP contribution in [-0.2, 0) is 19.2 Å². The lowest BCUT2D eigenvalue weighted by molar-refractivity contribution is 0.666. The van der Waals surface area contributed by atoms with Crippen LogP contribution in [0.2, 0.25) is 0 Å². The number of aryl methyl sites for hydroxylation is 1. The second-order valence-corrected chi connectivity index (χ2v) is 7.17. The van der Waals surface area contributed by atoms with Crippen LogP contribution in [0.1, 0.15) is 17.4 Å². The van der Waals surface area contributed by atoms with Gasteiger partial charge in [-0.05, 0) is 29.5 Å². The molecule has 0 fully saturated rings. The minimum atomic E-state index is -0.176. The largest absolute Gasteiger partial charge is 0.334 e. The molecular weight excluding hydrogens is 340 g/mol. The summed E-state index contributed by atoms with van der Waals surface area (Å²) < 4.78 is 1.54. The molecule has 0 spiro atoms. The summed E-state index contributed by atoms with van der Waals surface area (Å²) in [6.07, 6.45) is 0.881. The smallest absolute Gasteiger partial charge is 0.297 e. The Hall–Kier alpha value is -2.12. The van der Waals surface area contributed by atoms with Crippen molar-refractivity contribution in [2.45, 2.75) is 24.3 Å². The van der Waals surface area contributed by atoms with E-state index < -0.39 is 0 Å². The maximum Gasteiger partial charge on any atom is 0.297 e. The number of thioether (sulfide) groups is 1. The SMILES string of the molecule is CCc1ccccc1Nc1nnc(SCc2cccs2)n(C)c1=O. The fraction of sp³-hybridized carbons (Fsp3) is 0.235. The molecule has 0 aliphatic carbocycles. The van der Waals surface area contributed by atoms with Crippen LogP contribution in [-0.4, -0.2) is 14.8 Å². The fourth-order valence-corrected chi connectivity index (χ4v) is 3.94. The van der Waals surface area contributed by atoms with Crippen molar-refractivity contribution < 1.29 is 0 Å². The number of rotatable bonds is 6. The summed E-state index contributed by atoms with van der Waals surface area (Å²) in [5.41, 5.74) is 1.85. The van der Waals surface area contributed by atoms with Crippen LogP contribution in [0.15, 0.2) is 51.7 Å². The number of aromatic nitrogens is 3. The molecule has 0 aliphatic rings. The lowest BCUT2D eigenvalue weighted by Gasteiger charge is -2.11. The van der Waals surface area contributed by atoms with Crippen LogP contribution in [0.4, 0.5) is 11.5 Å². The van der Waals surface area contributed by atoms with Crippen molar-refractivity contribution >= 4 is 34.6 Å². The van der Waals surface area contributed by atoms with Gasteiger partial charge >= 0.3 is 0 Å². The summed E-state index contributed by atoms with van der Waals surface area (Å²) in [5.74, 6) is 1.03. The van der Waals surface area contributed by atoms with E-state index in [0.717, 1.165) is 23.4 Å². The van der Waals surface area contributed by atoms with Crippen molar-refractivity contribution in [2.24, 2.45) is 7.05 Å². The molecule has 0 bridgehead atoms. The number of nitrogens with one attached hydrogen (secondary N) is 1. The predicted octanol–water partition coefficient (Wildman–Crippen LogP) is 3.84. The molecule has 3 aromatic rings. The first-order chi connectivity index (χ1) is 11.7. The summed E-state index contributed by atoms with van der Waals surface area (Å²) in [6.45, 7) is 2.08. The van der Waals surface area contributed by atoms with Crippen LogP contribution in [0, 0.1) is 0 Å². The molecule has 0 atom stereocenters. The Morgan fingerprint density at radius 2 is 2.04 bits per heavy atom. The minimum Gasteiger partial charge on any atom is -0.334 e. The molecule has 1 N–H and O–H groups in total. The van der Waals surface area contributed by atoms with Crippen molar-refractivity contribution in [3.8, 4) is 0 Å². The van der Waals surface area contributed by atoms with Crippen LogP contribution in [0.5, 0.6) is 0 Å². The zero-order chi connectivity index (χ0) is 16.9. The summed E-state index contributed by atoms with van der Waals surface area (Å²) in [5, 5.41) is 14.1. The van der Waals surface area contributed by atoms with E-state index in [1.54, 1.807) is 23.0 Å². The van der Waals surface area contributed by atoms with E-state index in [2.05, 4.69) is 28.5 Å². The fourth-order valence-electron chi connectivity index (χ4n) is 2.26. The van der Waals surface area contributed by atoms with Gasteiger partial charge in [0.25, 0.3) is 5.56 Å². The Kier molecular flexibility index (Phi) is 5.32. The molecule has 3 rings (SSSR count). The number of nitrogens with zero attached hydrogens (tertiary/aromatic N) is 3. The van der Waals surface area contributed by atoms with E-state index in [0.29, 0.717) is 5.16 Å². The topological polar surface area (TPSA) is 59.8 Å². The Morgan fingerprint density at radius 1 is 1.21 bits per heavy atom. The maximum absolute atomic E-state index is 12.5. The first-order valence-corrected chi connectivity index (χ1v) is 9.49. The van der Waals surface area contributed by atoms with Gasteiger partial charge in [-0.15, -0.1) is 21.5 Å². The van der Waals surface area contributed by atoms with E-state index >= 15 is 0 Å². The Balaban J connectivity index is 1.81. The predicted molar refractivity (Wildman–Crippen MR) is 100 cm³/mol. The van der Waals surface area contributed by atoms with Crippen LogP contribution in [0.25, 0.3) is 0 Å². The Morgan fingerprint density at radius 3 is 2.79 bits per heavy atom. The molecule has 0 aliphatic heterocycles. The average molecular weight is 358 g/mol. The van der Waals surface area contributed by atoms with Crippen LogP contribution in [0.3, 0.4) is 0 Å². The van der Waals surface area contributed by atoms with Crippen molar-refractivity contribution in [2.75, 3.05) is 5.32 Å². The van der Waals surface area contributed by atoms with Crippen molar-refractivity contribution in [3.63, 3.8) is 0 Å². The van der Waals surface area contributed by atoms with Gasteiger partial charge in [0, 0.05) is 23.4 Å². The molecule has 2 aromatic heterocycles. The molecule has 0 amide bonds. The first kappa shape index (κ1) is 16.7. The highest BCUT2D eigenvalue weighted by atomic mass is 32.2. The van der Waals surface area contributed by atoms with Gasteiger partial charge in [0.15, 0.2) is 5.16 Å². The molecule has 1 aromatic carbocycles. The monoisotopic (exact) mass is 358 g/mol. The molecular formula is C17H18N4OS2. The molecule has 24 heavy (non-hydrogen) atoms. The van der Waals surface area contributed by atoms with Gasteiger partial charge in [-0.25, -0.2) is 0 Å². The van der Waals surface area contributed by atoms with Gasteiger partial charge < -0.3 is 5.32 Å². The number of anilines is 2. The van der Waals surface area contributed by atoms with E-state index in [4.69, 9.17) is 0 Å². The maximum atomic E-state index is 12.5. The molecule has 2 heterocycles. The van der Waals surface area contributed by atoms with Gasteiger partial charge in [-0.2, -0.15) is 0 Å². The van der Waals surface area contributed by atoms with E-state index in [-0.39, 0.29) is 11.4 Å². The molecule has 0 saturated carbocycles. The number of hydrogen-bond donors (Lipinski definition) is 1. The number of para-hydroxylation sites is 1.